The molecule has 33 heavy (non-hydrogen) atoms. The summed E-state index contributed by atoms with van der Waals surface area (Å²) in [7, 11) is -3.68. The van der Waals surface area contributed by atoms with Crippen LogP contribution in [0.4, 0.5) is 5.69 Å². The molecule has 2 amide bonds. The van der Waals surface area contributed by atoms with Gasteiger partial charge in [-0.15, -0.1) is 11.8 Å². The van der Waals surface area contributed by atoms with Gasteiger partial charge >= 0.3 is 0 Å². The lowest BCUT2D eigenvalue weighted by atomic mass is 10.1. The van der Waals surface area contributed by atoms with Crippen molar-refractivity contribution in [3.05, 3.63) is 54.1 Å². The summed E-state index contributed by atoms with van der Waals surface area (Å²) < 4.78 is 26.0. The van der Waals surface area contributed by atoms with Crippen LogP contribution in [-0.4, -0.2) is 67.2 Å². The standard InChI is InChI=1S/C24H29N3O4S2/c1-17(24(29)27-12-10-26(11-13-27)15-19-6-4-3-5-7-19)16-33(30,31)20-8-9-22-21(14-20)25-23(28)18(2)32-22/h3-9,14,17-18H,10-13,15-16H2,1-2H3,(H,25,28)/t17-,18-/m0/s1. The van der Waals surface area contributed by atoms with Crippen molar-refractivity contribution in [2.45, 2.75) is 35.4 Å². The molecule has 0 unspecified atom stereocenters. The van der Waals surface area contributed by atoms with Crippen molar-refractivity contribution in [2.75, 3.05) is 37.2 Å². The van der Waals surface area contributed by atoms with Gasteiger partial charge in [0.15, 0.2) is 9.84 Å². The molecule has 4 rings (SSSR count). The van der Waals surface area contributed by atoms with Gasteiger partial charge < -0.3 is 10.2 Å². The van der Waals surface area contributed by atoms with E-state index in [2.05, 4.69) is 22.3 Å². The summed E-state index contributed by atoms with van der Waals surface area (Å²) in [4.78, 5) is 30.0. The van der Waals surface area contributed by atoms with E-state index in [1.807, 2.05) is 25.1 Å². The quantitative estimate of drug-likeness (QED) is 0.674. The highest BCUT2D eigenvalue weighted by molar-refractivity contribution is 8.01. The normalized spacial score (nSPS) is 20.1. The Balaban J connectivity index is 1.35. The first-order chi connectivity index (χ1) is 15.7. The Morgan fingerprint density at radius 2 is 1.82 bits per heavy atom. The van der Waals surface area contributed by atoms with Crippen molar-refractivity contribution in [3.63, 3.8) is 0 Å². The number of carbonyl (C=O) groups excluding carboxylic acids is 2. The molecule has 2 aromatic carbocycles. The molecule has 0 spiro atoms. The number of sulfone groups is 1. The second kappa shape index (κ2) is 9.87. The molecule has 1 fully saturated rings. The van der Waals surface area contributed by atoms with Crippen LogP contribution in [0.5, 0.6) is 0 Å². The van der Waals surface area contributed by atoms with Gasteiger partial charge in [-0.05, 0) is 30.7 Å². The maximum atomic E-state index is 13.0. The van der Waals surface area contributed by atoms with Gasteiger partial charge in [0, 0.05) is 43.5 Å². The van der Waals surface area contributed by atoms with E-state index >= 15 is 0 Å². The second-order valence-electron chi connectivity index (χ2n) is 8.68. The van der Waals surface area contributed by atoms with E-state index in [0.717, 1.165) is 24.5 Å². The number of rotatable bonds is 6. The highest BCUT2D eigenvalue weighted by atomic mass is 32.2. The SMILES string of the molecule is C[C@@H]1Sc2ccc(S(=O)(=O)C[C@H](C)C(=O)N3CCN(Cc4ccccc4)CC3)cc2NC1=O. The van der Waals surface area contributed by atoms with Gasteiger partial charge in [-0.2, -0.15) is 0 Å². The van der Waals surface area contributed by atoms with Gasteiger partial charge in [0.25, 0.3) is 0 Å². The predicted molar refractivity (Wildman–Crippen MR) is 130 cm³/mol. The van der Waals surface area contributed by atoms with E-state index in [1.54, 1.807) is 24.0 Å². The number of fused-ring (bicyclic) bond motifs is 1. The first kappa shape index (κ1) is 23.8. The summed E-state index contributed by atoms with van der Waals surface area (Å²) in [5.74, 6) is -1.17. The fourth-order valence-electron chi connectivity index (χ4n) is 4.16. The molecule has 0 aromatic heterocycles. The molecule has 2 aliphatic rings. The van der Waals surface area contributed by atoms with Crippen LogP contribution in [0.1, 0.15) is 19.4 Å². The zero-order valence-electron chi connectivity index (χ0n) is 18.9. The number of hydrogen-bond donors (Lipinski definition) is 1. The molecule has 0 saturated carbocycles. The number of nitrogens with zero attached hydrogens (tertiary/aromatic N) is 2. The van der Waals surface area contributed by atoms with E-state index in [4.69, 9.17) is 0 Å². The zero-order chi connectivity index (χ0) is 23.6. The van der Waals surface area contributed by atoms with Crippen molar-refractivity contribution in [1.82, 2.24) is 9.80 Å². The smallest absolute Gasteiger partial charge is 0.237 e. The van der Waals surface area contributed by atoms with E-state index in [9.17, 15) is 18.0 Å². The minimum atomic E-state index is -3.68. The minimum Gasteiger partial charge on any atom is -0.340 e. The van der Waals surface area contributed by atoms with Gasteiger partial charge in [-0.25, -0.2) is 8.42 Å². The molecule has 0 bridgehead atoms. The maximum absolute atomic E-state index is 13.0. The lowest BCUT2D eigenvalue weighted by Crippen LogP contribution is -2.50. The van der Waals surface area contributed by atoms with Crippen LogP contribution >= 0.6 is 11.8 Å². The van der Waals surface area contributed by atoms with E-state index in [1.165, 1.54) is 23.4 Å². The molecule has 7 nitrogen and oxygen atoms in total. The first-order valence-corrected chi connectivity index (χ1v) is 13.7. The van der Waals surface area contributed by atoms with Crippen LogP contribution in [0.25, 0.3) is 0 Å². The molecule has 9 heteroatoms. The molecule has 0 radical (unpaired) electrons. The first-order valence-electron chi connectivity index (χ1n) is 11.1. The third kappa shape index (κ3) is 5.59. The number of hydrogen-bond acceptors (Lipinski definition) is 6. The Morgan fingerprint density at radius 3 is 2.52 bits per heavy atom. The number of anilines is 1. The van der Waals surface area contributed by atoms with Gasteiger partial charge in [0.2, 0.25) is 11.8 Å². The second-order valence-corrected chi connectivity index (χ2v) is 12.1. The van der Waals surface area contributed by atoms with Gasteiger partial charge in [0.1, 0.15) is 0 Å². The summed E-state index contributed by atoms with van der Waals surface area (Å²) in [6.07, 6.45) is 0. The molecule has 0 aliphatic carbocycles. The molecular formula is C24H29N3O4S2. The molecule has 2 atom stereocenters. The molecule has 2 aliphatic heterocycles. The van der Waals surface area contributed by atoms with Crippen LogP contribution in [0.15, 0.2) is 58.3 Å². The summed E-state index contributed by atoms with van der Waals surface area (Å²) >= 11 is 1.41. The Hall–Kier alpha value is -2.36. The van der Waals surface area contributed by atoms with Crippen molar-refractivity contribution < 1.29 is 18.0 Å². The average molecular weight is 488 g/mol. The summed E-state index contributed by atoms with van der Waals surface area (Å²) in [5, 5.41) is 2.55. The minimum absolute atomic E-state index is 0.129. The fraction of sp³-hybridized carbons (Fsp3) is 0.417. The highest BCUT2D eigenvalue weighted by Gasteiger charge is 2.30. The van der Waals surface area contributed by atoms with Crippen LogP contribution in [-0.2, 0) is 26.0 Å². The van der Waals surface area contributed by atoms with Gasteiger partial charge in [-0.1, -0.05) is 37.3 Å². The fourth-order valence-corrected chi connectivity index (χ4v) is 6.65. The lowest BCUT2D eigenvalue weighted by Gasteiger charge is -2.36. The monoisotopic (exact) mass is 487 g/mol. The zero-order valence-corrected chi connectivity index (χ0v) is 20.5. The van der Waals surface area contributed by atoms with E-state index in [0.29, 0.717) is 18.8 Å². The van der Waals surface area contributed by atoms with Crippen molar-refractivity contribution in [2.24, 2.45) is 5.92 Å². The summed E-state index contributed by atoms with van der Waals surface area (Å²) in [6.45, 7) is 7.04. The van der Waals surface area contributed by atoms with Crippen LogP contribution in [0.3, 0.4) is 0 Å². The Kier molecular flexibility index (Phi) is 7.11. The molecule has 1 N–H and O–H groups in total. The third-order valence-electron chi connectivity index (χ3n) is 6.06. The molecule has 2 heterocycles. The highest BCUT2D eigenvalue weighted by Crippen LogP contribution is 2.37. The van der Waals surface area contributed by atoms with Crippen LogP contribution in [0, 0.1) is 5.92 Å². The number of benzene rings is 2. The number of nitrogens with one attached hydrogen (secondary N) is 1. The number of carbonyl (C=O) groups is 2. The lowest BCUT2D eigenvalue weighted by molar-refractivity contribution is -0.136. The van der Waals surface area contributed by atoms with Gasteiger partial charge in [0.05, 0.1) is 21.6 Å². The van der Waals surface area contributed by atoms with E-state index in [-0.39, 0.29) is 27.7 Å². The van der Waals surface area contributed by atoms with Crippen molar-refractivity contribution in [1.29, 1.82) is 0 Å². The van der Waals surface area contributed by atoms with Crippen molar-refractivity contribution >= 4 is 39.1 Å². The number of thioether (sulfide) groups is 1. The van der Waals surface area contributed by atoms with Crippen LogP contribution in [0.2, 0.25) is 0 Å². The predicted octanol–water partition coefficient (Wildman–Crippen LogP) is 2.87. The van der Waals surface area contributed by atoms with Crippen LogP contribution < -0.4 is 5.32 Å². The Morgan fingerprint density at radius 1 is 1.12 bits per heavy atom. The summed E-state index contributed by atoms with van der Waals surface area (Å²) in [5.41, 5.74) is 1.75. The Bertz CT molecular complexity index is 1130. The van der Waals surface area contributed by atoms with E-state index < -0.39 is 15.8 Å². The molecular weight excluding hydrogens is 458 g/mol. The topological polar surface area (TPSA) is 86.8 Å². The maximum Gasteiger partial charge on any atom is 0.237 e. The number of piperazine rings is 1. The Labute approximate surface area is 199 Å². The summed E-state index contributed by atoms with van der Waals surface area (Å²) in [6, 6.07) is 15.0. The van der Waals surface area contributed by atoms with Gasteiger partial charge in [-0.3, -0.25) is 14.5 Å². The number of amides is 2. The molecule has 176 valence electrons. The largest absolute Gasteiger partial charge is 0.340 e. The average Bonchev–Trinajstić information content (AvgIpc) is 2.80. The molecule has 2 aromatic rings. The molecule has 1 saturated heterocycles. The van der Waals surface area contributed by atoms with Crippen molar-refractivity contribution in [3.8, 4) is 0 Å². The third-order valence-corrected chi connectivity index (χ3v) is 9.15.